The summed E-state index contributed by atoms with van der Waals surface area (Å²) in [6.07, 6.45) is 3.86. The van der Waals surface area contributed by atoms with E-state index in [0.717, 1.165) is 49.3 Å². The van der Waals surface area contributed by atoms with Gasteiger partial charge < -0.3 is 19.9 Å². The maximum atomic E-state index is 12.2. The molecule has 8 heteroatoms. The number of anilines is 2. The average molecular weight is 366 g/mol. The number of thioether (sulfide) groups is 1. The molecule has 2 aliphatic rings. The molecule has 0 bridgehead atoms. The third-order valence-corrected chi connectivity index (χ3v) is 4.82. The van der Waals surface area contributed by atoms with Crippen LogP contribution in [-0.4, -0.2) is 65.5 Å². The second-order valence-electron chi connectivity index (χ2n) is 7.35. The molecule has 138 valence electrons. The van der Waals surface area contributed by atoms with Gasteiger partial charge in [-0.15, -0.1) is 0 Å². The van der Waals surface area contributed by atoms with Crippen LogP contribution >= 0.6 is 11.8 Å². The van der Waals surface area contributed by atoms with Gasteiger partial charge in [0.05, 0.1) is 0 Å². The van der Waals surface area contributed by atoms with E-state index in [-0.39, 0.29) is 6.09 Å². The van der Waals surface area contributed by atoms with Gasteiger partial charge in [-0.25, -0.2) is 14.8 Å². The number of nitrogens with one attached hydrogen (secondary N) is 1. The monoisotopic (exact) mass is 365 g/mol. The van der Waals surface area contributed by atoms with Crippen LogP contribution in [0.4, 0.5) is 16.4 Å². The van der Waals surface area contributed by atoms with Crippen LogP contribution in [0.15, 0.2) is 5.16 Å². The SMILES string of the molecule is CSc1nc2c(c(N3CCN(C(=O)OC(C)(C)C)CC3)n1)CCCN2. The van der Waals surface area contributed by atoms with Crippen LogP contribution in [0.25, 0.3) is 0 Å². The molecular weight excluding hydrogens is 338 g/mol. The van der Waals surface area contributed by atoms with Gasteiger partial charge in [-0.2, -0.15) is 0 Å². The van der Waals surface area contributed by atoms with Crippen molar-refractivity contribution in [3.63, 3.8) is 0 Å². The first-order valence-electron chi connectivity index (χ1n) is 8.79. The molecule has 0 aromatic carbocycles. The molecule has 0 radical (unpaired) electrons. The van der Waals surface area contributed by atoms with E-state index in [4.69, 9.17) is 9.72 Å². The van der Waals surface area contributed by atoms with Crippen LogP contribution in [-0.2, 0) is 11.2 Å². The highest BCUT2D eigenvalue weighted by molar-refractivity contribution is 7.98. The number of rotatable bonds is 2. The van der Waals surface area contributed by atoms with E-state index in [1.807, 2.05) is 27.0 Å². The zero-order valence-electron chi connectivity index (χ0n) is 15.5. The Morgan fingerprint density at radius 3 is 2.56 bits per heavy atom. The molecule has 3 rings (SSSR count). The lowest BCUT2D eigenvalue weighted by molar-refractivity contribution is 0.0240. The van der Waals surface area contributed by atoms with E-state index in [0.29, 0.717) is 13.1 Å². The number of hydrogen-bond acceptors (Lipinski definition) is 7. The fourth-order valence-electron chi connectivity index (χ4n) is 3.08. The normalized spacial score (nSPS) is 17.8. The molecule has 1 aromatic rings. The van der Waals surface area contributed by atoms with Crippen molar-refractivity contribution in [1.82, 2.24) is 14.9 Å². The van der Waals surface area contributed by atoms with Crippen LogP contribution in [0.2, 0.25) is 0 Å². The maximum Gasteiger partial charge on any atom is 0.410 e. The molecule has 1 amide bonds. The van der Waals surface area contributed by atoms with Crippen molar-refractivity contribution in [2.45, 2.75) is 44.4 Å². The predicted molar refractivity (Wildman–Crippen MR) is 101 cm³/mol. The number of nitrogens with zero attached hydrogens (tertiary/aromatic N) is 4. The van der Waals surface area contributed by atoms with Crippen molar-refractivity contribution < 1.29 is 9.53 Å². The molecule has 2 aliphatic heterocycles. The molecule has 0 saturated carbocycles. The summed E-state index contributed by atoms with van der Waals surface area (Å²) in [5.74, 6) is 1.99. The standard InChI is InChI=1S/C17H27N5O2S/c1-17(2,3)24-16(23)22-10-8-21(9-11-22)14-12-6-5-7-18-13(12)19-15(20-14)25-4/h5-11H2,1-4H3,(H,18,19,20). The molecule has 0 aliphatic carbocycles. The third kappa shape index (κ3) is 4.29. The fraction of sp³-hybridized carbons (Fsp3) is 0.706. The Kier molecular flexibility index (Phi) is 5.27. The van der Waals surface area contributed by atoms with Crippen LogP contribution in [0, 0.1) is 0 Å². The Labute approximate surface area is 153 Å². The van der Waals surface area contributed by atoms with Crippen molar-refractivity contribution in [2.24, 2.45) is 0 Å². The van der Waals surface area contributed by atoms with Gasteiger partial charge in [-0.05, 0) is 39.9 Å². The molecule has 1 aromatic heterocycles. The second kappa shape index (κ2) is 7.27. The minimum atomic E-state index is -0.459. The number of fused-ring (bicyclic) bond motifs is 1. The Hall–Kier alpha value is -1.70. The van der Waals surface area contributed by atoms with E-state index in [1.165, 1.54) is 5.56 Å². The number of carbonyl (C=O) groups excluding carboxylic acids is 1. The molecule has 1 saturated heterocycles. The number of carbonyl (C=O) groups is 1. The van der Waals surface area contributed by atoms with Crippen LogP contribution in [0.3, 0.4) is 0 Å². The van der Waals surface area contributed by atoms with E-state index < -0.39 is 5.60 Å². The predicted octanol–water partition coefficient (Wildman–Crippen LogP) is 2.61. The van der Waals surface area contributed by atoms with Gasteiger partial charge in [0, 0.05) is 38.3 Å². The minimum Gasteiger partial charge on any atom is -0.444 e. The molecule has 1 N–H and O–H groups in total. The highest BCUT2D eigenvalue weighted by Gasteiger charge is 2.28. The summed E-state index contributed by atoms with van der Waals surface area (Å²) in [5.41, 5.74) is 0.744. The van der Waals surface area contributed by atoms with Crippen LogP contribution in [0.5, 0.6) is 0 Å². The lowest BCUT2D eigenvalue weighted by Gasteiger charge is -2.37. The van der Waals surface area contributed by atoms with Gasteiger partial charge in [-0.1, -0.05) is 11.8 Å². The summed E-state index contributed by atoms with van der Waals surface area (Å²) < 4.78 is 5.47. The first-order chi connectivity index (χ1) is 11.9. The molecule has 25 heavy (non-hydrogen) atoms. The summed E-state index contributed by atoms with van der Waals surface area (Å²) in [4.78, 5) is 25.6. The first kappa shape index (κ1) is 18.1. The van der Waals surface area contributed by atoms with Gasteiger partial charge in [-0.3, -0.25) is 0 Å². The summed E-state index contributed by atoms with van der Waals surface area (Å²) in [6, 6.07) is 0. The summed E-state index contributed by atoms with van der Waals surface area (Å²) in [7, 11) is 0. The van der Waals surface area contributed by atoms with Crippen molar-refractivity contribution in [2.75, 3.05) is 49.2 Å². The van der Waals surface area contributed by atoms with Gasteiger partial charge in [0.2, 0.25) is 0 Å². The molecule has 0 unspecified atom stereocenters. The maximum absolute atomic E-state index is 12.2. The second-order valence-corrected chi connectivity index (χ2v) is 8.12. The number of hydrogen-bond donors (Lipinski definition) is 1. The Balaban J connectivity index is 1.72. The largest absolute Gasteiger partial charge is 0.444 e. The minimum absolute atomic E-state index is 0.233. The van der Waals surface area contributed by atoms with Gasteiger partial charge >= 0.3 is 6.09 Å². The quantitative estimate of drug-likeness (QED) is 0.638. The summed E-state index contributed by atoms with van der Waals surface area (Å²) in [5, 5.41) is 4.18. The highest BCUT2D eigenvalue weighted by Crippen LogP contribution is 2.31. The van der Waals surface area contributed by atoms with E-state index in [9.17, 15) is 4.79 Å². The van der Waals surface area contributed by atoms with Gasteiger partial charge in [0.15, 0.2) is 5.16 Å². The molecule has 1 fully saturated rings. The molecule has 0 spiro atoms. The first-order valence-corrected chi connectivity index (χ1v) is 10.0. The molecular formula is C17H27N5O2S. The van der Waals surface area contributed by atoms with Crippen molar-refractivity contribution in [3.8, 4) is 0 Å². The fourth-order valence-corrected chi connectivity index (χ4v) is 3.44. The highest BCUT2D eigenvalue weighted by atomic mass is 32.2. The van der Waals surface area contributed by atoms with Crippen molar-refractivity contribution in [1.29, 1.82) is 0 Å². The van der Waals surface area contributed by atoms with E-state index >= 15 is 0 Å². The van der Waals surface area contributed by atoms with E-state index in [2.05, 4.69) is 15.2 Å². The summed E-state index contributed by atoms with van der Waals surface area (Å²) >= 11 is 1.56. The lowest BCUT2D eigenvalue weighted by Crippen LogP contribution is -2.50. The van der Waals surface area contributed by atoms with Crippen LogP contribution in [0.1, 0.15) is 32.8 Å². The van der Waals surface area contributed by atoms with Crippen LogP contribution < -0.4 is 10.2 Å². The van der Waals surface area contributed by atoms with Crippen molar-refractivity contribution >= 4 is 29.5 Å². The lowest BCUT2D eigenvalue weighted by atomic mass is 10.1. The third-order valence-electron chi connectivity index (χ3n) is 4.27. The number of ether oxygens (including phenoxy) is 1. The van der Waals surface area contributed by atoms with Gasteiger partial charge in [0.25, 0.3) is 0 Å². The van der Waals surface area contributed by atoms with E-state index in [1.54, 1.807) is 16.7 Å². The molecule has 7 nitrogen and oxygen atoms in total. The topological polar surface area (TPSA) is 70.6 Å². The van der Waals surface area contributed by atoms with Gasteiger partial charge in [0.1, 0.15) is 17.2 Å². The summed E-state index contributed by atoms with van der Waals surface area (Å²) in [6.45, 7) is 9.46. The zero-order chi connectivity index (χ0) is 18.0. The zero-order valence-corrected chi connectivity index (χ0v) is 16.3. The molecule has 0 atom stereocenters. The Bertz CT molecular complexity index is 639. The number of piperazine rings is 1. The molecule has 3 heterocycles. The number of amides is 1. The van der Waals surface area contributed by atoms with Crippen molar-refractivity contribution in [3.05, 3.63) is 5.56 Å². The Morgan fingerprint density at radius 2 is 1.92 bits per heavy atom. The smallest absolute Gasteiger partial charge is 0.410 e. The average Bonchev–Trinajstić information content (AvgIpc) is 2.59. The number of aromatic nitrogens is 2. The Morgan fingerprint density at radius 1 is 1.20 bits per heavy atom.